The van der Waals surface area contributed by atoms with Gasteiger partial charge < -0.3 is 15.0 Å². The number of carbonyl (C=O) groups excluding carboxylic acids is 1. The van der Waals surface area contributed by atoms with Gasteiger partial charge in [-0.25, -0.2) is 8.42 Å². The quantitative estimate of drug-likeness (QED) is 0.450. The minimum absolute atomic E-state index is 0.0843. The second kappa shape index (κ2) is 10.5. The Bertz CT molecular complexity index is 1160. The SMILES string of the molecule is CCN(CC)c1ccc(NC(=O)Cc2cccs2)cc1S(=O)(=O)Nc1ccccc1OC. The maximum Gasteiger partial charge on any atom is 0.264 e. The molecule has 0 fully saturated rings. The molecule has 170 valence electrons. The van der Waals surface area contributed by atoms with Gasteiger partial charge in [0.05, 0.1) is 24.9 Å². The van der Waals surface area contributed by atoms with Gasteiger partial charge in [-0.3, -0.25) is 9.52 Å². The van der Waals surface area contributed by atoms with E-state index in [0.717, 1.165) is 4.88 Å². The van der Waals surface area contributed by atoms with Gasteiger partial charge in [-0.05, 0) is 55.6 Å². The molecule has 0 atom stereocenters. The van der Waals surface area contributed by atoms with Crippen molar-refractivity contribution in [1.82, 2.24) is 0 Å². The fourth-order valence-corrected chi connectivity index (χ4v) is 5.36. The van der Waals surface area contributed by atoms with Crippen molar-refractivity contribution in [1.29, 1.82) is 0 Å². The standard InChI is InChI=1S/C23H27N3O4S2/c1-4-26(5-2)20-13-12-17(24-23(27)16-18-9-8-14-31-18)15-22(20)32(28,29)25-19-10-6-7-11-21(19)30-3/h6-15,25H,4-5,16H2,1-3H3,(H,24,27). The molecule has 0 aliphatic carbocycles. The highest BCUT2D eigenvalue weighted by Gasteiger charge is 2.23. The number of hydrogen-bond donors (Lipinski definition) is 2. The molecule has 1 amide bonds. The van der Waals surface area contributed by atoms with Gasteiger partial charge in [0.25, 0.3) is 10.0 Å². The first kappa shape index (κ1) is 23.6. The average molecular weight is 474 g/mol. The van der Waals surface area contributed by atoms with E-state index in [9.17, 15) is 13.2 Å². The Labute approximate surface area is 193 Å². The second-order valence-electron chi connectivity index (χ2n) is 6.96. The van der Waals surface area contributed by atoms with Crippen LogP contribution in [-0.4, -0.2) is 34.5 Å². The van der Waals surface area contributed by atoms with Crippen LogP contribution in [0.3, 0.4) is 0 Å². The average Bonchev–Trinajstić information content (AvgIpc) is 3.28. The van der Waals surface area contributed by atoms with Crippen LogP contribution in [0.5, 0.6) is 5.75 Å². The topological polar surface area (TPSA) is 87.7 Å². The third-order valence-corrected chi connectivity index (χ3v) is 7.17. The minimum atomic E-state index is -3.97. The zero-order valence-corrected chi connectivity index (χ0v) is 19.9. The zero-order chi connectivity index (χ0) is 23.1. The first-order valence-corrected chi connectivity index (χ1v) is 12.6. The molecule has 0 spiro atoms. The summed E-state index contributed by atoms with van der Waals surface area (Å²) in [6, 6.07) is 15.5. The number of para-hydroxylation sites is 2. The van der Waals surface area contributed by atoms with Gasteiger partial charge in [-0.1, -0.05) is 18.2 Å². The van der Waals surface area contributed by atoms with Gasteiger partial charge in [0.15, 0.2) is 0 Å². The predicted octanol–water partition coefficient (Wildman–Crippen LogP) is 4.58. The maximum absolute atomic E-state index is 13.4. The minimum Gasteiger partial charge on any atom is -0.495 e. The third kappa shape index (κ3) is 5.60. The molecule has 32 heavy (non-hydrogen) atoms. The molecule has 0 bridgehead atoms. The zero-order valence-electron chi connectivity index (χ0n) is 18.3. The van der Waals surface area contributed by atoms with Crippen molar-refractivity contribution in [3.63, 3.8) is 0 Å². The van der Waals surface area contributed by atoms with Crippen molar-refractivity contribution in [3.05, 3.63) is 64.9 Å². The summed E-state index contributed by atoms with van der Waals surface area (Å²) in [5.74, 6) is 0.213. The number of carbonyl (C=O) groups is 1. The fraction of sp³-hybridized carbons (Fsp3) is 0.261. The lowest BCUT2D eigenvalue weighted by Gasteiger charge is -2.25. The molecule has 0 unspecified atom stereocenters. The molecule has 0 aliphatic heterocycles. The molecule has 1 heterocycles. The van der Waals surface area contributed by atoms with E-state index in [-0.39, 0.29) is 17.2 Å². The van der Waals surface area contributed by atoms with E-state index in [1.54, 1.807) is 36.4 Å². The molecule has 0 radical (unpaired) electrons. The molecule has 3 aromatic rings. The van der Waals surface area contributed by atoms with E-state index in [0.29, 0.717) is 35.9 Å². The van der Waals surface area contributed by atoms with Gasteiger partial charge >= 0.3 is 0 Å². The lowest BCUT2D eigenvalue weighted by Crippen LogP contribution is -2.26. The number of amides is 1. The molecule has 2 aromatic carbocycles. The van der Waals surface area contributed by atoms with Crippen LogP contribution in [0, 0.1) is 0 Å². The molecule has 7 nitrogen and oxygen atoms in total. The number of benzene rings is 2. The molecule has 2 N–H and O–H groups in total. The maximum atomic E-state index is 13.4. The summed E-state index contributed by atoms with van der Waals surface area (Å²) in [7, 11) is -2.49. The van der Waals surface area contributed by atoms with E-state index < -0.39 is 10.0 Å². The van der Waals surface area contributed by atoms with Crippen LogP contribution in [-0.2, 0) is 21.2 Å². The van der Waals surface area contributed by atoms with Crippen LogP contribution in [0.4, 0.5) is 17.1 Å². The molecule has 9 heteroatoms. The Balaban J connectivity index is 1.96. The van der Waals surface area contributed by atoms with Crippen molar-refractivity contribution in [2.75, 3.05) is 35.1 Å². The van der Waals surface area contributed by atoms with Gasteiger partial charge in [0.2, 0.25) is 5.91 Å². The Hall–Kier alpha value is -3.04. The number of rotatable bonds is 10. The number of ether oxygens (including phenoxy) is 1. The highest BCUT2D eigenvalue weighted by Crippen LogP contribution is 2.32. The Kier molecular flexibility index (Phi) is 7.76. The van der Waals surface area contributed by atoms with E-state index in [1.165, 1.54) is 24.5 Å². The van der Waals surface area contributed by atoms with Crippen LogP contribution in [0.25, 0.3) is 0 Å². The summed E-state index contributed by atoms with van der Waals surface area (Å²) in [5, 5.41) is 4.73. The summed E-state index contributed by atoms with van der Waals surface area (Å²) in [6.45, 7) is 5.20. The van der Waals surface area contributed by atoms with Gasteiger partial charge in [-0.15, -0.1) is 11.3 Å². The van der Waals surface area contributed by atoms with Crippen LogP contribution in [0.1, 0.15) is 18.7 Å². The van der Waals surface area contributed by atoms with Crippen LogP contribution in [0.2, 0.25) is 0 Å². The van der Waals surface area contributed by atoms with Crippen LogP contribution >= 0.6 is 11.3 Å². The normalized spacial score (nSPS) is 11.1. The number of anilines is 3. The first-order valence-electron chi connectivity index (χ1n) is 10.2. The summed E-state index contributed by atoms with van der Waals surface area (Å²) in [6.07, 6.45) is 0.233. The summed E-state index contributed by atoms with van der Waals surface area (Å²) >= 11 is 1.50. The second-order valence-corrected chi connectivity index (χ2v) is 9.65. The lowest BCUT2D eigenvalue weighted by atomic mass is 10.2. The summed E-state index contributed by atoms with van der Waals surface area (Å²) in [4.78, 5) is 15.4. The van der Waals surface area contributed by atoms with Crippen molar-refractivity contribution in [2.45, 2.75) is 25.2 Å². The number of nitrogens with one attached hydrogen (secondary N) is 2. The first-order chi connectivity index (χ1) is 15.4. The number of nitrogens with zero attached hydrogens (tertiary/aromatic N) is 1. The largest absolute Gasteiger partial charge is 0.495 e. The van der Waals surface area contributed by atoms with Crippen molar-refractivity contribution in [2.24, 2.45) is 0 Å². The molecule has 0 aliphatic rings. The molecule has 0 saturated heterocycles. The van der Waals surface area contributed by atoms with Crippen molar-refractivity contribution >= 4 is 44.3 Å². The van der Waals surface area contributed by atoms with Gasteiger partial charge in [0.1, 0.15) is 10.6 Å². The number of hydrogen-bond acceptors (Lipinski definition) is 6. The third-order valence-electron chi connectivity index (χ3n) is 4.90. The molecule has 3 rings (SSSR count). The Morgan fingerprint density at radius 3 is 2.47 bits per heavy atom. The Morgan fingerprint density at radius 2 is 1.81 bits per heavy atom. The number of methoxy groups -OCH3 is 1. The fourth-order valence-electron chi connectivity index (χ4n) is 3.34. The monoisotopic (exact) mass is 473 g/mol. The van der Waals surface area contributed by atoms with E-state index in [1.807, 2.05) is 36.3 Å². The molecule has 0 saturated carbocycles. The smallest absolute Gasteiger partial charge is 0.264 e. The van der Waals surface area contributed by atoms with E-state index in [4.69, 9.17) is 4.74 Å². The van der Waals surface area contributed by atoms with E-state index in [2.05, 4.69) is 10.0 Å². The van der Waals surface area contributed by atoms with E-state index >= 15 is 0 Å². The molecular weight excluding hydrogens is 446 g/mol. The number of thiophene rings is 1. The van der Waals surface area contributed by atoms with Crippen LogP contribution in [0.15, 0.2) is 64.9 Å². The van der Waals surface area contributed by atoms with Gasteiger partial charge in [-0.2, -0.15) is 0 Å². The Morgan fingerprint density at radius 1 is 1.06 bits per heavy atom. The number of sulfonamides is 1. The summed E-state index contributed by atoms with van der Waals surface area (Å²) < 4.78 is 34.7. The highest BCUT2D eigenvalue weighted by molar-refractivity contribution is 7.93. The predicted molar refractivity (Wildman–Crippen MR) is 130 cm³/mol. The van der Waals surface area contributed by atoms with Crippen molar-refractivity contribution in [3.8, 4) is 5.75 Å². The summed E-state index contributed by atoms with van der Waals surface area (Å²) in [5.41, 5.74) is 1.32. The molecular formula is C23H27N3O4S2. The van der Waals surface area contributed by atoms with Crippen molar-refractivity contribution < 1.29 is 17.9 Å². The highest BCUT2D eigenvalue weighted by atomic mass is 32.2. The lowest BCUT2D eigenvalue weighted by molar-refractivity contribution is -0.115. The van der Waals surface area contributed by atoms with Gasteiger partial charge in [0, 0.05) is 23.7 Å². The van der Waals surface area contributed by atoms with Crippen LogP contribution < -0.4 is 19.7 Å². The molecule has 1 aromatic heterocycles.